The van der Waals surface area contributed by atoms with Crippen molar-refractivity contribution in [2.45, 2.75) is 43.8 Å². The number of benzene rings is 1. The molecule has 1 saturated heterocycles. The summed E-state index contributed by atoms with van der Waals surface area (Å²) in [5, 5.41) is 12.5. The standard InChI is InChI=1S/C25H31FN6O5S2/c1-25(6-7-25)28-39(36,37)21-11-18-22(34)31(15-17-12-27-30(3)13-17)24(35)32(23(18)38-21)14-16-4-5-20(19(26)10-16)29(2)8-9-33/h4-5,10-13,18,23,28,33H,6-9,14-15H2,1-3H3. The van der Waals surface area contributed by atoms with E-state index in [2.05, 4.69) is 9.82 Å². The summed E-state index contributed by atoms with van der Waals surface area (Å²) in [5.74, 6) is -1.90. The Balaban J connectivity index is 1.45. The summed E-state index contributed by atoms with van der Waals surface area (Å²) in [6, 6.07) is 3.97. The van der Waals surface area contributed by atoms with Crippen LogP contribution in [-0.4, -0.2) is 76.2 Å². The minimum absolute atomic E-state index is 0.00663. The summed E-state index contributed by atoms with van der Waals surface area (Å²) in [5.41, 5.74) is 0.930. The minimum Gasteiger partial charge on any atom is -0.395 e. The van der Waals surface area contributed by atoms with Crippen LogP contribution in [0.5, 0.6) is 0 Å². The molecular weight excluding hydrogens is 547 g/mol. The van der Waals surface area contributed by atoms with Crippen LogP contribution in [0.2, 0.25) is 0 Å². The van der Waals surface area contributed by atoms with Crippen LogP contribution < -0.4 is 9.62 Å². The first-order valence-corrected chi connectivity index (χ1v) is 14.9. The van der Waals surface area contributed by atoms with Crippen molar-refractivity contribution in [1.82, 2.24) is 24.3 Å². The van der Waals surface area contributed by atoms with Gasteiger partial charge >= 0.3 is 6.03 Å². The number of thioether (sulfide) groups is 1. The van der Waals surface area contributed by atoms with Crippen molar-refractivity contribution < 1.29 is 27.5 Å². The van der Waals surface area contributed by atoms with Crippen molar-refractivity contribution >= 4 is 39.4 Å². The van der Waals surface area contributed by atoms with Crippen LogP contribution in [0, 0.1) is 11.7 Å². The van der Waals surface area contributed by atoms with E-state index < -0.39 is 44.6 Å². The van der Waals surface area contributed by atoms with E-state index in [9.17, 15) is 27.5 Å². The molecule has 3 heterocycles. The van der Waals surface area contributed by atoms with Gasteiger partial charge in [-0.2, -0.15) is 5.10 Å². The Hall–Kier alpha value is -2.94. The fourth-order valence-electron chi connectivity index (χ4n) is 4.73. The molecule has 5 rings (SSSR count). The highest BCUT2D eigenvalue weighted by molar-refractivity contribution is 8.18. The second-order valence-electron chi connectivity index (χ2n) is 10.5. The second kappa shape index (κ2) is 10.2. The minimum atomic E-state index is -3.88. The average molecular weight is 579 g/mol. The summed E-state index contributed by atoms with van der Waals surface area (Å²) in [7, 11) is -0.499. The molecule has 0 radical (unpaired) electrons. The maximum atomic E-state index is 14.9. The topological polar surface area (TPSA) is 128 Å². The van der Waals surface area contributed by atoms with Gasteiger partial charge < -0.3 is 14.9 Å². The quantitative estimate of drug-likeness (QED) is 0.438. The number of amides is 3. The van der Waals surface area contributed by atoms with Gasteiger partial charge in [0, 0.05) is 44.5 Å². The maximum absolute atomic E-state index is 14.9. The van der Waals surface area contributed by atoms with Gasteiger partial charge in [-0.05, 0) is 43.5 Å². The normalized spacial score (nSPS) is 22.2. The number of imide groups is 1. The van der Waals surface area contributed by atoms with Gasteiger partial charge in [0.05, 0.1) is 31.0 Å². The third-order valence-electron chi connectivity index (χ3n) is 7.15. The fraction of sp³-hybridized carbons (Fsp3) is 0.480. The van der Waals surface area contributed by atoms with Gasteiger partial charge in [0.1, 0.15) is 15.4 Å². The molecule has 2 atom stereocenters. The number of nitrogens with zero attached hydrogens (tertiary/aromatic N) is 5. The number of aliphatic hydroxyl groups is 1. The Morgan fingerprint density at radius 1 is 1.26 bits per heavy atom. The zero-order valence-corrected chi connectivity index (χ0v) is 23.5. The van der Waals surface area contributed by atoms with E-state index >= 15 is 0 Å². The molecule has 11 nitrogen and oxygen atoms in total. The number of nitrogens with one attached hydrogen (secondary N) is 1. The van der Waals surface area contributed by atoms with E-state index in [0.717, 1.165) is 29.5 Å². The molecule has 39 heavy (non-hydrogen) atoms. The number of hydrogen-bond acceptors (Lipinski definition) is 8. The van der Waals surface area contributed by atoms with Crippen LogP contribution in [0.4, 0.5) is 14.9 Å². The lowest BCUT2D eigenvalue weighted by Crippen LogP contribution is -2.58. The third-order valence-corrected chi connectivity index (χ3v) is 10.7. The number of halogens is 1. The molecule has 14 heteroatoms. The van der Waals surface area contributed by atoms with Gasteiger partial charge in [0.25, 0.3) is 0 Å². The predicted molar refractivity (Wildman–Crippen MR) is 144 cm³/mol. The van der Waals surface area contributed by atoms with Crippen LogP contribution >= 0.6 is 11.8 Å². The number of aryl methyl sites for hydroxylation is 1. The lowest BCUT2D eigenvalue weighted by atomic mass is 10.0. The highest BCUT2D eigenvalue weighted by atomic mass is 32.3. The lowest BCUT2D eigenvalue weighted by Gasteiger charge is -2.41. The molecule has 0 spiro atoms. The SMILES string of the molecule is CN(CCO)c1ccc(CN2C(=O)N(Cc3cnn(C)c3)C(=O)C3C=C(S(=O)(=O)NC4(C)CC4)SC32)cc1F. The number of rotatable bonds is 10. The molecule has 2 N–H and O–H groups in total. The van der Waals surface area contributed by atoms with E-state index in [4.69, 9.17) is 0 Å². The van der Waals surface area contributed by atoms with Crippen molar-refractivity contribution in [1.29, 1.82) is 0 Å². The van der Waals surface area contributed by atoms with Crippen molar-refractivity contribution in [2.24, 2.45) is 13.0 Å². The summed E-state index contributed by atoms with van der Waals surface area (Å²) in [6.07, 6.45) is 6.14. The van der Waals surface area contributed by atoms with Crippen LogP contribution in [-0.2, 0) is 35.0 Å². The number of carbonyl (C=O) groups excluding carboxylic acids is 2. The summed E-state index contributed by atoms with van der Waals surface area (Å²) >= 11 is 0.958. The smallest absolute Gasteiger partial charge is 0.328 e. The van der Waals surface area contributed by atoms with Crippen LogP contribution in [0.3, 0.4) is 0 Å². The van der Waals surface area contributed by atoms with Gasteiger partial charge in [-0.3, -0.25) is 14.4 Å². The van der Waals surface area contributed by atoms with E-state index in [1.165, 1.54) is 17.0 Å². The largest absolute Gasteiger partial charge is 0.395 e. The lowest BCUT2D eigenvalue weighted by molar-refractivity contribution is -0.135. The number of aliphatic hydroxyl groups excluding tert-OH is 1. The van der Waals surface area contributed by atoms with Gasteiger partial charge in [0.15, 0.2) is 0 Å². The Labute approximate surface area is 230 Å². The molecule has 3 amide bonds. The number of anilines is 1. The number of aromatic nitrogens is 2. The van der Waals surface area contributed by atoms with Crippen molar-refractivity contribution in [3.05, 3.63) is 57.9 Å². The van der Waals surface area contributed by atoms with E-state index in [1.807, 2.05) is 6.92 Å². The molecule has 3 aliphatic rings. The number of likely N-dealkylation sites (N-methyl/N-ethyl adjacent to an activating group) is 1. The number of fused-ring (bicyclic) bond motifs is 1. The molecule has 1 aromatic heterocycles. The number of carbonyl (C=O) groups is 2. The molecule has 2 aliphatic heterocycles. The molecule has 0 bridgehead atoms. The zero-order chi connectivity index (χ0) is 28.1. The summed E-state index contributed by atoms with van der Waals surface area (Å²) in [6.45, 7) is 1.89. The number of urea groups is 1. The zero-order valence-electron chi connectivity index (χ0n) is 21.9. The second-order valence-corrected chi connectivity index (χ2v) is 13.5. The summed E-state index contributed by atoms with van der Waals surface area (Å²) in [4.78, 5) is 31.3. The molecule has 2 unspecified atom stereocenters. The average Bonchev–Trinajstić information content (AvgIpc) is 3.24. The molecule has 1 aliphatic carbocycles. The predicted octanol–water partition coefficient (Wildman–Crippen LogP) is 1.95. The highest BCUT2D eigenvalue weighted by Gasteiger charge is 2.52. The molecule has 1 aromatic carbocycles. The first-order chi connectivity index (χ1) is 18.4. The van der Waals surface area contributed by atoms with Crippen LogP contribution in [0.15, 0.2) is 40.9 Å². The Morgan fingerprint density at radius 2 is 2.00 bits per heavy atom. The first-order valence-electron chi connectivity index (χ1n) is 12.5. The fourth-order valence-corrected chi connectivity index (χ4v) is 8.03. The molecule has 210 valence electrons. The van der Waals surface area contributed by atoms with Gasteiger partial charge in [0.2, 0.25) is 15.9 Å². The maximum Gasteiger partial charge on any atom is 0.328 e. The number of sulfonamides is 1. The van der Waals surface area contributed by atoms with E-state index in [-0.39, 0.29) is 30.5 Å². The van der Waals surface area contributed by atoms with E-state index in [1.54, 1.807) is 48.2 Å². The van der Waals surface area contributed by atoms with E-state index in [0.29, 0.717) is 16.8 Å². The van der Waals surface area contributed by atoms with Gasteiger partial charge in [-0.1, -0.05) is 17.8 Å². The van der Waals surface area contributed by atoms with Crippen molar-refractivity contribution in [3.8, 4) is 0 Å². The Morgan fingerprint density at radius 3 is 2.62 bits per heavy atom. The van der Waals surface area contributed by atoms with Crippen LogP contribution in [0.1, 0.15) is 30.9 Å². The summed E-state index contributed by atoms with van der Waals surface area (Å²) < 4.78 is 45.5. The third kappa shape index (κ3) is 5.55. The van der Waals surface area contributed by atoms with Crippen LogP contribution in [0.25, 0.3) is 0 Å². The number of hydrogen-bond donors (Lipinski definition) is 2. The molecular formula is C25H31FN6O5S2. The van der Waals surface area contributed by atoms with Gasteiger partial charge in [-0.25, -0.2) is 22.3 Å². The Kier molecular flexibility index (Phi) is 7.24. The van der Waals surface area contributed by atoms with Crippen molar-refractivity contribution in [2.75, 3.05) is 25.1 Å². The first kappa shape index (κ1) is 27.6. The highest BCUT2D eigenvalue weighted by Crippen LogP contribution is 2.46. The molecule has 2 fully saturated rings. The van der Waals surface area contributed by atoms with Gasteiger partial charge in [-0.15, -0.1) is 0 Å². The molecule has 2 aromatic rings. The Bertz CT molecular complexity index is 1440. The monoisotopic (exact) mass is 578 g/mol. The van der Waals surface area contributed by atoms with Crippen molar-refractivity contribution in [3.63, 3.8) is 0 Å². The molecule has 1 saturated carbocycles.